The van der Waals surface area contributed by atoms with Gasteiger partial charge >= 0.3 is 0 Å². The van der Waals surface area contributed by atoms with E-state index in [0.717, 1.165) is 27.8 Å². The van der Waals surface area contributed by atoms with E-state index in [4.69, 9.17) is 12.2 Å². The van der Waals surface area contributed by atoms with Crippen molar-refractivity contribution in [2.75, 3.05) is 0 Å². The lowest BCUT2D eigenvalue weighted by atomic mass is 9.99. The molecule has 0 aromatic carbocycles. The minimum absolute atomic E-state index is 0.581. The molecule has 1 aromatic heterocycles. The molecule has 18 heavy (non-hydrogen) atoms. The Labute approximate surface area is 123 Å². The summed E-state index contributed by atoms with van der Waals surface area (Å²) in [5.41, 5.74) is 1.22. The molecule has 0 amide bonds. The van der Waals surface area contributed by atoms with Crippen molar-refractivity contribution in [2.45, 2.75) is 64.2 Å². The number of H-pyrrole nitrogens is 1. The third kappa shape index (κ3) is 3.41. The van der Waals surface area contributed by atoms with Crippen LogP contribution in [0.25, 0.3) is 0 Å². The van der Waals surface area contributed by atoms with E-state index in [1.807, 2.05) is 0 Å². The Balaban J connectivity index is 2.29. The SMILES string of the molecule is CCCc1[nH]c(C2CCCCCC2)nc(=S)c1Br. The summed E-state index contributed by atoms with van der Waals surface area (Å²) in [4.78, 5) is 8.12. The molecule has 0 spiro atoms. The highest BCUT2D eigenvalue weighted by Gasteiger charge is 2.17. The van der Waals surface area contributed by atoms with Crippen LogP contribution in [0.4, 0.5) is 0 Å². The van der Waals surface area contributed by atoms with Crippen molar-refractivity contribution in [2.24, 2.45) is 0 Å². The van der Waals surface area contributed by atoms with Crippen molar-refractivity contribution in [3.63, 3.8) is 0 Å². The molecule has 0 saturated heterocycles. The lowest BCUT2D eigenvalue weighted by Crippen LogP contribution is -2.07. The van der Waals surface area contributed by atoms with Gasteiger partial charge in [-0.15, -0.1) is 0 Å². The molecule has 0 bridgehead atoms. The summed E-state index contributed by atoms with van der Waals surface area (Å²) >= 11 is 8.92. The highest BCUT2D eigenvalue weighted by Crippen LogP contribution is 2.30. The number of rotatable bonds is 3. The van der Waals surface area contributed by atoms with E-state index in [-0.39, 0.29) is 0 Å². The van der Waals surface area contributed by atoms with E-state index in [2.05, 4.69) is 32.8 Å². The molecule has 100 valence electrons. The van der Waals surface area contributed by atoms with Crippen molar-refractivity contribution >= 4 is 28.1 Å². The molecule has 4 heteroatoms. The Morgan fingerprint density at radius 2 is 1.94 bits per heavy atom. The first-order chi connectivity index (χ1) is 8.72. The molecule has 1 aliphatic carbocycles. The van der Waals surface area contributed by atoms with E-state index < -0.39 is 0 Å². The van der Waals surface area contributed by atoms with Gasteiger partial charge in [-0.3, -0.25) is 0 Å². The summed E-state index contributed by atoms with van der Waals surface area (Å²) in [6.07, 6.45) is 10.1. The second-order valence-corrected chi connectivity index (χ2v) is 6.34. The molecule has 1 fully saturated rings. The molecule has 2 nitrogen and oxygen atoms in total. The van der Waals surface area contributed by atoms with Crippen LogP contribution in [0.15, 0.2) is 4.47 Å². The lowest BCUT2D eigenvalue weighted by Gasteiger charge is -2.15. The Morgan fingerprint density at radius 3 is 2.56 bits per heavy atom. The van der Waals surface area contributed by atoms with Gasteiger partial charge in [-0.25, -0.2) is 4.98 Å². The van der Waals surface area contributed by atoms with E-state index in [9.17, 15) is 0 Å². The normalized spacial score (nSPS) is 17.7. The minimum Gasteiger partial charge on any atom is -0.346 e. The van der Waals surface area contributed by atoms with Crippen molar-refractivity contribution in [1.29, 1.82) is 0 Å². The predicted octanol–water partition coefficient (Wildman–Crippen LogP) is 5.29. The van der Waals surface area contributed by atoms with Gasteiger partial charge in [-0.1, -0.05) is 51.2 Å². The van der Waals surface area contributed by atoms with Crippen LogP contribution >= 0.6 is 28.1 Å². The lowest BCUT2D eigenvalue weighted by molar-refractivity contribution is 0.555. The second-order valence-electron chi connectivity index (χ2n) is 5.16. The quantitative estimate of drug-likeness (QED) is 0.603. The number of hydrogen-bond acceptors (Lipinski definition) is 2. The van der Waals surface area contributed by atoms with Gasteiger partial charge in [0.2, 0.25) is 0 Å². The third-order valence-electron chi connectivity index (χ3n) is 3.70. The number of aryl methyl sites for hydroxylation is 1. The first-order valence-electron chi connectivity index (χ1n) is 7.01. The van der Waals surface area contributed by atoms with E-state index in [1.54, 1.807) is 0 Å². The van der Waals surface area contributed by atoms with Crippen molar-refractivity contribution in [3.05, 3.63) is 20.6 Å². The zero-order valence-corrected chi connectivity index (χ0v) is 13.4. The fourth-order valence-electron chi connectivity index (χ4n) is 2.69. The highest BCUT2D eigenvalue weighted by atomic mass is 79.9. The topological polar surface area (TPSA) is 28.7 Å². The van der Waals surface area contributed by atoms with Gasteiger partial charge in [0.25, 0.3) is 0 Å². The van der Waals surface area contributed by atoms with Crippen LogP contribution in [0.3, 0.4) is 0 Å². The number of hydrogen-bond donors (Lipinski definition) is 1. The summed E-state index contributed by atoms with van der Waals surface area (Å²) in [6, 6.07) is 0. The summed E-state index contributed by atoms with van der Waals surface area (Å²) in [7, 11) is 0. The van der Waals surface area contributed by atoms with Crippen molar-refractivity contribution in [3.8, 4) is 0 Å². The van der Waals surface area contributed by atoms with Crippen LogP contribution < -0.4 is 0 Å². The van der Waals surface area contributed by atoms with E-state index >= 15 is 0 Å². The highest BCUT2D eigenvalue weighted by molar-refractivity contribution is 9.10. The first kappa shape index (κ1) is 14.2. The largest absolute Gasteiger partial charge is 0.346 e. The molecule has 1 aromatic rings. The van der Waals surface area contributed by atoms with E-state index in [0.29, 0.717) is 5.92 Å². The molecule has 0 unspecified atom stereocenters. The molecule has 1 heterocycles. The maximum atomic E-state index is 5.37. The maximum Gasteiger partial charge on any atom is 0.144 e. The molecule has 1 aliphatic rings. The number of aromatic nitrogens is 2. The molecule has 2 rings (SSSR count). The van der Waals surface area contributed by atoms with Crippen LogP contribution in [0.2, 0.25) is 0 Å². The molecule has 0 radical (unpaired) electrons. The summed E-state index contributed by atoms with van der Waals surface area (Å²) in [5, 5.41) is 0. The number of halogens is 1. The van der Waals surface area contributed by atoms with E-state index in [1.165, 1.54) is 44.2 Å². The molecular formula is C14H21BrN2S. The average Bonchev–Trinajstić information content (AvgIpc) is 2.63. The van der Waals surface area contributed by atoms with Crippen molar-refractivity contribution in [1.82, 2.24) is 9.97 Å². The molecule has 0 atom stereocenters. The Morgan fingerprint density at radius 1 is 1.28 bits per heavy atom. The van der Waals surface area contributed by atoms with Gasteiger partial charge in [0, 0.05) is 11.6 Å². The van der Waals surface area contributed by atoms with Gasteiger partial charge in [0.1, 0.15) is 10.5 Å². The summed E-state index contributed by atoms with van der Waals surface area (Å²) < 4.78 is 1.70. The van der Waals surface area contributed by atoms with Crippen LogP contribution in [-0.2, 0) is 6.42 Å². The van der Waals surface area contributed by atoms with Gasteiger partial charge in [-0.2, -0.15) is 0 Å². The number of aromatic amines is 1. The Hall–Kier alpha value is -0.220. The predicted molar refractivity (Wildman–Crippen MR) is 81.6 cm³/mol. The first-order valence-corrected chi connectivity index (χ1v) is 8.21. The fourth-order valence-corrected chi connectivity index (χ4v) is 3.30. The van der Waals surface area contributed by atoms with Gasteiger partial charge in [0.05, 0.1) is 4.47 Å². The smallest absolute Gasteiger partial charge is 0.144 e. The number of nitrogens with zero attached hydrogens (tertiary/aromatic N) is 1. The number of nitrogens with one attached hydrogen (secondary N) is 1. The molecule has 0 aliphatic heterocycles. The monoisotopic (exact) mass is 328 g/mol. The zero-order valence-electron chi connectivity index (χ0n) is 11.0. The molecule has 1 N–H and O–H groups in total. The summed E-state index contributed by atoms with van der Waals surface area (Å²) in [6.45, 7) is 2.19. The molecule has 1 saturated carbocycles. The Bertz CT molecular complexity index is 448. The standard InChI is InChI=1S/C14H21BrN2S/c1-2-7-11-12(15)14(18)17-13(16-11)10-8-5-3-4-6-9-10/h10H,2-9H2,1H3,(H,16,17,18). The average molecular weight is 329 g/mol. The molecular weight excluding hydrogens is 308 g/mol. The Kier molecular flexibility index (Phi) is 5.37. The third-order valence-corrected chi connectivity index (χ3v) is 5.11. The van der Waals surface area contributed by atoms with Crippen LogP contribution in [-0.4, -0.2) is 9.97 Å². The maximum absolute atomic E-state index is 5.37. The summed E-state index contributed by atoms with van der Waals surface area (Å²) in [5.74, 6) is 1.70. The van der Waals surface area contributed by atoms with Crippen LogP contribution in [0, 0.1) is 4.64 Å². The van der Waals surface area contributed by atoms with Gasteiger partial charge < -0.3 is 4.98 Å². The van der Waals surface area contributed by atoms with Crippen molar-refractivity contribution < 1.29 is 0 Å². The van der Waals surface area contributed by atoms with Gasteiger partial charge in [0.15, 0.2) is 0 Å². The zero-order chi connectivity index (χ0) is 13.0. The van der Waals surface area contributed by atoms with Gasteiger partial charge in [-0.05, 0) is 35.2 Å². The van der Waals surface area contributed by atoms with Crippen LogP contribution in [0.1, 0.15) is 69.3 Å². The minimum atomic E-state index is 0.581. The second kappa shape index (κ2) is 6.80. The fraction of sp³-hybridized carbons (Fsp3) is 0.714. The van der Waals surface area contributed by atoms with Crippen LogP contribution in [0.5, 0.6) is 0 Å².